The highest BCUT2D eigenvalue weighted by molar-refractivity contribution is 7.18. The van der Waals surface area contributed by atoms with Crippen molar-refractivity contribution < 1.29 is 0 Å². The molecule has 1 N–H and O–H groups in total. The highest BCUT2D eigenvalue weighted by atomic mass is 32.1. The van der Waals surface area contributed by atoms with Crippen LogP contribution in [0.3, 0.4) is 0 Å². The van der Waals surface area contributed by atoms with Crippen LogP contribution in [0.4, 0.5) is 5.13 Å². The first-order chi connectivity index (χ1) is 9.69. The van der Waals surface area contributed by atoms with E-state index in [2.05, 4.69) is 20.6 Å². The van der Waals surface area contributed by atoms with Crippen molar-refractivity contribution in [3.63, 3.8) is 0 Å². The molecule has 6 nitrogen and oxygen atoms in total. The van der Waals surface area contributed by atoms with Crippen LogP contribution in [0.25, 0.3) is 21.1 Å². The van der Waals surface area contributed by atoms with E-state index in [0.717, 1.165) is 10.6 Å². The van der Waals surface area contributed by atoms with E-state index in [9.17, 15) is 4.79 Å². The number of thiophene rings is 1. The van der Waals surface area contributed by atoms with E-state index >= 15 is 0 Å². The summed E-state index contributed by atoms with van der Waals surface area (Å²) in [7, 11) is 3.41. The average molecular weight is 305 g/mol. The predicted molar refractivity (Wildman–Crippen MR) is 81.2 cm³/mol. The zero-order valence-corrected chi connectivity index (χ0v) is 12.5. The molecule has 0 spiro atoms. The zero-order chi connectivity index (χ0) is 14.1. The minimum absolute atomic E-state index is 0.177. The summed E-state index contributed by atoms with van der Waals surface area (Å²) in [6, 6.07) is 5.70. The molecule has 3 heterocycles. The van der Waals surface area contributed by atoms with E-state index in [1.54, 1.807) is 31.5 Å². The third-order valence-electron chi connectivity index (χ3n) is 2.71. The SMILES string of the molecule is CNc1nnc(-c2cc(-c3cccs3)nn(C)c2=O)s1. The Morgan fingerprint density at radius 2 is 2.20 bits per heavy atom. The third-order valence-corrected chi connectivity index (χ3v) is 4.57. The molecule has 0 amide bonds. The van der Waals surface area contributed by atoms with Crippen LogP contribution in [-0.4, -0.2) is 27.0 Å². The number of anilines is 1. The van der Waals surface area contributed by atoms with Gasteiger partial charge in [-0.2, -0.15) is 5.10 Å². The molecule has 0 radical (unpaired) electrons. The normalized spacial score (nSPS) is 10.7. The Morgan fingerprint density at radius 1 is 1.35 bits per heavy atom. The van der Waals surface area contributed by atoms with Gasteiger partial charge in [0.15, 0.2) is 5.01 Å². The second kappa shape index (κ2) is 5.14. The van der Waals surface area contributed by atoms with Gasteiger partial charge in [0, 0.05) is 14.1 Å². The number of hydrogen-bond acceptors (Lipinski definition) is 7. The maximum absolute atomic E-state index is 12.2. The summed E-state index contributed by atoms with van der Waals surface area (Å²) in [5.41, 5.74) is 1.10. The minimum Gasteiger partial charge on any atom is -0.363 e. The van der Waals surface area contributed by atoms with Gasteiger partial charge in [-0.25, -0.2) is 4.68 Å². The van der Waals surface area contributed by atoms with Gasteiger partial charge in [0.2, 0.25) is 5.13 Å². The molecule has 0 aliphatic rings. The largest absolute Gasteiger partial charge is 0.363 e. The second-order valence-electron chi connectivity index (χ2n) is 4.01. The minimum atomic E-state index is -0.177. The molecule has 0 saturated carbocycles. The predicted octanol–water partition coefficient (Wildman–Crippen LogP) is 2.07. The zero-order valence-electron chi connectivity index (χ0n) is 10.8. The van der Waals surface area contributed by atoms with Gasteiger partial charge in [-0.3, -0.25) is 4.79 Å². The maximum Gasteiger partial charge on any atom is 0.276 e. The average Bonchev–Trinajstić information content (AvgIpc) is 3.11. The summed E-state index contributed by atoms with van der Waals surface area (Å²) in [5.74, 6) is 0. The van der Waals surface area contributed by atoms with Gasteiger partial charge in [0.25, 0.3) is 5.56 Å². The molecular weight excluding hydrogens is 294 g/mol. The molecular formula is C12H11N5OS2. The molecule has 0 aliphatic heterocycles. The molecule has 3 aromatic rings. The quantitative estimate of drug-likeness (QED) is 0.802. The van der Waals surface area contributed by atoms with E-state index in [0.29, 0.717) is 15.7 Å². The topological polar surface area (TPSA) is 72.7 Å². The summed E-state index contributed by atoms with van der Waals surface area (Å²) in [5, 5.41) is 18.5. The lowest BCUT2D eigenvalue weighted by molar-refractivity contribution is 0.714. The molecule has 0 atom stereocenters. The summed E-state index contributed by atoms with van der Waals surface area (Å²) in [6.45, 7) is 0. The van der Waals surface area contributed by atoms with Crippen molar-refractivity contribution >= 4 is 27.8 Å². The fourth-order valence-electron chi connectivity index (χ4n) is 1.74. The Hall–Kier alpha value is -2.06. The first kappa shape index (κ1) is 12.9. The Bertz CT molecular complexity index is 791. The van der Waals surface area contributed by atoms with Crippen molar-refractivity contribution in [2.45, 2.75) is 0 Å². The molecule has 0 unspecified atom stereocenters. The number of aryl methyl sites for hydroxylation is 1. The number of rotatable bonds is 3. The Balaban J connectivity index is 2.17. The van der Waals surface area contributed by atoms with E-state index in [1.807, 2.05) is 17.5 Å². The first-order valence-electron chi connectivity index (χ1n) is 5.83. The molecule has 0 aromatic carbocycles. The van der Waals surface area contributed by atoms with Crippen LogP contribution in [0.1, 0.15) is 0 Å². The maximum atomic E-state index is 12.2. The summed E-state index contributed by atoms with van der Waals surface area (Å²) in [4.78, 5) is 13.2. The summed E-state index contributed by atoms with van der Waals surface area (Å²) in [6.07, 6.45) is 0. The van der Waals surface area contributed by atoms with Crippen LogP contribution in [0, 0.1) is 0 Å². The molecule has 0 fully saturated rings. The van der Waals surface area contributed by atoms with Gasteiger partial charge in [-0.05, 0) is 17.5 Å². The Morgan fingerprint density at radius 3 is 2.85 bits per heavy atom. The molecule has 3 aromatic heterocycles. The van der Waals surface area contributed by atoms with Gasteiger partial charge in [0.1, 0.15) is 5.69 Å². The molecule has 0 saturated heterocycles. The van der Waals surface area contributed by atoms with E-state index in [1.165, 1.54) is 16.0 Å². The van der Waals surface area contributed by atoms with Crippen molar-refractivity contribution in [2.24, 2.45) is 7.05 Å². The van der Waals surface area contributed by atoms with Crippen molar-refractivity contribution in [3.8, 4) is 21.1 Å². The van der Waals surface area contributed by atoms with Crippen molar-refractivity contribution in [3.05, 3.63) is 33.9 Å². The molecule has 102 valence electrons. The van der Waals surface area contributed by atoms with Crippen molar-refractivity contribution in [1.29, 1.82) is 0 Å². The van der Waals surface area contributed by atoms with E-state index in [4.69, 9.17) is 0 Å². The van der Waals surface area contributed by atoms with E-state index < -0.39 is 0 Å². The highest BCUT2D eigenvalue weighted by Crippen LogP contribution is 2.28. The van der Waals surface area contributed by atoms with Crippen LogP contribution in [0.2, 0.25) is 0 Å². The number of nitrogens with zero attached hydrogens (tertiary/aromatic N) is 4. The van der Waals surface area contributed by atoms with E-state index in [-0.39, 0.29) is 5.56 Å². The molecule has 8 heteroatoms. The Labute approximate surface area is 122 Å². The highest BCUT2D eigenvalue weighted by Gasteiger charge is 2.14. The lowest BCUT2D eigenvalue weighted by Gasteiger charge is -2.03. The summed E-state index contributed by atoms with van der Waals surface area (Å²) >= 11 is 2.93. The van der Waals surface area contributed by atoms with Gasteiger partial charge in [-0.1, -0.05) is 17.4 Å². The van der Waals surface area contributed by atoms with Crippen LogP contribution in [0.5, 0.6) is 0 Å². The fourth-order valence-corrected chi connectivity index (χ4v) is 3.13. The van der Waals surface area contributed by atoms with Crippen LogP contribution in [0.15, 0.2) is 28.4 Å². The van der Waals surface area contributed by atoms with Gasteiger partial charge < -0.3 is 5.32 Å². The monoisotopic (exact) mass is 305 g/mol. The number of aromatic nitrogens is 4. The molecule has 20 heavy (non-hydrogen) atoms. The lowest BCUT2D eigenvalue weighted by atomic mass is 10.2. The fraction of sp³-hybridized carbons (Fsp3) is 0.167. The van der Waals surface area contributed by atoms with Crippen molar-refractivity contribution in [2.75, 3.05) is 12.4 Å². The molecule has 0 bridgehead atoms. The smallest absolute Gasteiger partial charge is 0.276 e. The third kappa shape index (κ3) is 2.23. The van der Waals surface area contributed by atoms with Crippen LogP contribution >= 0.6 is 22.7 Å². The molecule has 0 aliphatic carbocycles. The van der Waals surface area contributed by atoms with Crippen LogP contribution in [-0.2, 0) is 7.05 Å². The van der Waals surface area contributed by atoms with Gasteiger partial charge in [0.05, 0.1) is 10.4 Å². The summed E-state index contributed by atoms with van der Waals surface area (Å²) < 4.78 is 1.34. The number of nitrogens with one attached hydrogen (secondary N) is 1. The van der Waals surface area contributed by atoms with Crippen molar-refractivity contribution in [1.82, 2.24) is 20.0 Å². The first-order valence-corrected chi connectivity index (χ1v) is 7.52. The second-order valence-corrected chi connectivity index (χ2v) is 5.94. The van der Waals surface area contributed by atoms with Gasteiger partial charge in [-0.15, -0.1) is 21.5 Å². The Kier molecular flexibility index (Phi) is 3.33. The standard InChI is InChI=1S/C12H11N5OS2/c1-13-12-15-14-10(20-12)7-6-8(9-4-3-5-19-9)16-17(2)11(7)18/h3-6H,1-2H3,(H,13,15). The lowest BCUT2D eigenvalue weighted by Crippen LogP contribution is -2.21. The van der Waals surface area contributed by atoms with Gasteiger partial charge >= 0.3 is 0 Å². The number of hydrogen-bond donors (Lipinski definition) is 1. The molecule has 3 rings (SSSR count). The van der Waals surface area contributed by atoms with Crippen LogP contribution < -0.4 is 10.9 Å².